The summed E-state index contributed by atoms with van der Waals surface area (Å²) in [6.07, 6.45) is 7.27. The molecule has 0 spiro atoms. The molecule has 0 saturated carbocycles. The van der Waals surface area contributed by atoms with Crippen LogP contribution in [-0.4, -0.2) is 54.6 Å². The molecule has 10 heteroatoms. The van der Waals surface area contributed by atoms with Crippen molar-refractivity contribution in [1.29, 1.82) is 0 Å². The third-order valence-corrected chi connectivity index (χ3v) is 11.0. The molecule has 10 nitrogen and oxygen atoms in total. The van der Waals surface area contributed by atoms with E-state index in [1.54, 1.807) is 7.11 Å². The normalized spacial score (nSPS) is 16.0. The maximum absolute atomic E-state index is 6.48. The fourth-order valence-electron chi connectivity index (χ4n) is 8.09. The molecular formula is C45H50N4O6. The lowest BCUT2D eigenvalue weighted by atomic mass is 9.86. The minimum Gasteiger partial charge on any atom is -0.493 e. The van der Waals surface area contributed by atoms with Crippen molar-refractivity contribution in [3.8, 4) is 22.6 Å². The average molecular weight is 743 g/mol. The number of para-hydroxylation sites is 1. The smallest absolute Gasteiger partial charge is 0.133 e. The third kappa shape index (κ3) is 7.47. The minimum atomic E-state index is -0.330. The first-order chi connectivity index (χ1) is 27.1. The number of nitrogens with zero attached hydrogens (tertiary/aromatic N) is 3. The van der Waals surface area contributed by atoms with Crippen molar-refractivity contribution in [1.82, 2.24) is 14.5 Å². The Labute approximate surface area is 322 Å². The van der Waals surface area contributed by atoms with Crippen LogP contribution in [0, 0.1) is 0 Å². The van der Waals surface area contributed by atoms with Gasteiger partial charge in [0.2, 0.25) is 0 Å². The van der Waals surface area contributed by atoms with E-state index in [-0.39, 0.29) is 5.60 Å². The van der Waals surface area contributed by atoms with Crippen LogP contribution >= 0.6 is 0 Å². The molecule has 2 aromatic heterocycles. The molecule has 4 heterocycles. The first kappa shape index (κ1) is 36.8. The standard InChI is InChI=1S/C45H50N4O6/c1-4-51-30-40-36(16-9-26-54-42-17-7-12-32-11-5-6-13-35(32)42)37-14-8-15-38-43-39(47-48(2)41(43)31-53-25-10-24-46-49(40)44(37)38)29-55-34-20-18-33(19-21-34)45(50-3)22-27-52-28-23-45/h5-8,10-15,17-21,24,46H,4,9,16,22-23,25-31H2,1-3H3/b24-10-. The van der Waals surface area contributed by atoms with Crippen LogP contribution in [0.25, 0.3) is 32.8 Å². The second kappa shape index (κ2) is 16.7. The van der Waals surface area contributed by atoms with Crippen LogP contribution in [0.4, 0.5) is 0 Å². The van der Waals surface area contributed by atoms with Gasteiger partial charge in [-0.05, 0) is 60.6 Å². The fourth-order valence-corrected chi connectivity index (χ4v) is 8.09. The molecule has 1 N–H and O–H groups in total. The van der Waals surface area contributed by atoms with Gasteiger partial charge in [-0.1, -0.05) is 66.7 Å². The number of aryl methyl sites for hydroxylation is 2. The molecule has 8 rings (SSSR count). The van der Waals surface area contributed by atoms with Crippen molar-refractivity contribution in [2.24, 2.45) is 7.05 Å². The Morgan fingerprint density at radius 2 is 1.67 bits per heavy atom. The Morgan fingerprint density at radius 3 is 2.51 bits per heavy atom. The van der Waals surface area contributed by atoms with Gasteiger partial charge in [0.15, 0.2) is 0 Å². The van der Waals surface area contributed by atoms with Crippen LogP contribution in [0.2, 0.25) is 0 Å². The number of benzene rings is 4. The van der Waals surface area contributed by atoms with Gasteiger partial charge >= 0.3 is 0 Å². The second-order valence-electron chi connectivity index (χ2n) is 14.1. The van der Waals surface area contributed by atoms with Crippen molar-refractivity contribution in [2.75, 3.05) is 45.6 Å². The molecule has 55 heavy (non-hydrogen) atoms. The molecule has 0 amide bonds. The molecule has 0 bridgehead atoms. The molecule has 4 aromatic carbocycles. The van der Waals surface area contributed by atoms with Gasteiger partial charge in [0, 0.05) is 74.9 Å². The number of hydrogen-bond donors (Lipinski definition) is 1. The highest BCUT2D eigenvalue weighted by Gasteiger charge is 2.34. The van der Waals surface area contributed by atoms with Crippen molar-refractivity contribution < 1.29 is 28.4 Å². The second-order valence-corrected chi connectivity index (χ2v) is 14.1. The SMILES string of the molecule is CCOCc1c(CCCOc2cccc3ccccc23)c2cccc3c2n1N/C=C\COCc1c-3c(COc2ccc(C3(OC)CCOCC3)cc2)nn1C. The van der Waals surface area contributed by atoms with E-state index in [0.717, 1.165) is 87.2 Å². The minimum absolute atomic E-state index is 0.290. The zero-order valence-electron chi connectivity index (χ0n) is 32.0. The zero-order chi connectivity index (χ0) is 37.6. The van der Waals surface area contributed by atoms with Crippen LogP contribution in [0.15, 0.2) is 97.2 Å². The summed E-state index contributed by atoms with van der Waals surface area (Å²) >= 11 is 0. The van der Waals surface area contributed by atoms with Crippen LogP contribution in [-0.2, 0) is 57.8 Å². The summed E-state index contributed by atoms with van der Waals surface area (Å²) in [6.45, 7) is 6.23. The number of aromatic nitrogens is 3. The molecule has 286 valence electrons. The number of fused-ring (bicyclic) bond motifs is 3. The average Bonchev–Trinajstić information content (AvgIpc) is 3.70. The molecule has 0 atom stereocenters. The molecule has 0 aliphatic carbocycles. The Hall–Kier alpha value is -5.13. The Balaban J connectivity index is 1.12. The van der Waals surface area contributed by atoms with Crippen molar-refractivity contribution in [2.45, 2.75) is 58.0 Å². The predicted molar refractivity (Wildman–Crippen MR) is 215 cm³/mol. The van der Waals surface area contributed by atoms with Crippen LogP contribution in [0.1, 0.15) is 54.4 Å². The number of methoxy groups -OCH3 is 1. The van der Waals surface area contributed by atoms with Gasteiger partial charge in [-0.3, -0.25) is 9.36 Å². The summed E-state index contributed by atoms with van der Waals surface area (Å²) in [5, 5.41) is 8.50. The molecule has 2 aliphatic heterocycles. The number of ether oxygens (including phenoxy) is 6. The highest BCUT2D eigenvalue weighted by molar-refractivity contribution is 5.99. The fraction of sp³-hybridized carbons (Fsp3) is 0.356. The van der Waals surface area contributed by atoms with E-state index >= 15 is 0 Å². The maximum Gasteiger partial charge on any atom is 0.133 e. The summed E-state index contributed by atoms with van der Waals surface area (Å²) in [4.78, 5) is 0. The van der Waals surface area contributed by atoms with Gasteiger partial charge in [0.1, 0.15) is 23.8 Å². The number of nitrogens with one attached hydrogen (secondary N) is 1. The van der Waals surface area contributed by atoms with Crippen molar-refractivity contribution in [3.63, 3.8) is 0 Å². The van der Waals surface area contributed by atoms with E-state index in [0.29, 0.717) is 52.9 Å². The summed E-state index contributed by atoms with van der Waals surface area (Å²) in [5.41, 5.74) is 11.7. The van der Waals surface area contributed by atoms with Crippen LogP contribution in [0.3, 0.4) is 0 Å². The van der Waals surface area contributed by atoms with Gasteiger partial charge in [-0.25, -0.2) is 0 Å². The van der Waals surface area contributed by atoms with E-state index in [9.17, 15) is 0 Å². The Morgan fingerprint density at radius 1 is 0.873 bits per heavy atom. The molecule has 1 fully saturated rings. The summed E-state index contributed by atoms with van der Waals surface area (Å²) in [5.74, 6) is 1.68. The predicted octanol–water partition coefficient (Wildman–Crippen LogP) is 8.56. The lowest BCUT2D eigenvalue weighted by Crippen LogP contribution is -2.35. The van der Waals surface area contributed by atoms with Crippen molar-refractivity contribution in [3.05, 3.63) is 125 Å². The van der Waals surface area contributed by atoms with Gasteiger partial charge in [-0.15, -0.1) is 0 Å². The quantitative estimate of drug-likeness (QED) is 0.118. The first-order valence-electron chi connectivity index (χ1n) is 19.3. The maximum atomic E-state index is 6.48. The lowest BCUT2D eigenvalue weighted by molar-refractivity contribution is -0.0948. The van der Waals surface area contributed by atoms with E-state index < -0.39 is 0 Å². The summed E-state index contributed by atoms with van der Waals surface area (Å²) < 4.78 is 40.9. The van der Waals surface area contributed by atoms with Crippen molar-refractivity contribution >= 4 is 21.7 Å². The van der Waals surface area contributed by atoms with Gasteiger partial charge in [0.25, 0.3) is 0 Å². The van der Waals surface area contributed by atoms with Crippen LogP contribution < -0.4 is 14.9 Å². The monoisotopic (exact) mass is 742 g/mol. The topological polar surface area (TPSA) is 90.2 Å². The van der Waals surface area contributed by atoms with E-state index in [1.807, 2.05) is 43.1 Å². The van der Waals surface area contributed by atoms with E-state index in [2.05, 4.69) is 82.9 Å². The van der Waals surface area contributed by atoms with E-state index in [1.165, 1.54) is 10.9 Å². The molecule has 6 aromatic rings. The van der Waals surface area contributed by atoms with Crippen LogP contribution in [0.5, 0.6) is 11.5 Å². The highest BCUT2D eigenvalue weighted by Crippen LogP contribution is 2.40. The molecular weight excluding hydrogens is 693 g/mol. The molecule has 0 radical (unpaired) electrons. The largest absolute Gasteiger partial charge is 0.493 e. The highest BCUT2D eigenvalue weighted by atomic mass is 16.5. The molecule has 2 aliphatic rings. The number of rotatable bonds is 13. The first-order valence-corrected chi connectivity index (χ1v) is 19.3. The number of hydrogen-bond acceptors (Lipinski definition) is 8. The van der Waals surface area contributed by atoms with Gasteiger partial charge in [0.05, 0.1) is 48.9 Å². The molecule has 0 unspecified atom stereocenters. The Kier molecular flexibility index (Phi) is 11.2. The molecule has 1 saturated heterocycles. The van der Waals surface area contributed by atoms with Gasteiger partial charge in [-0.2, -0.15) is 5.10 Å². The Bertz CT molecular complexity index is 2260. The third-order valence-electron chi connectivity index (χ3n) is 11.0. The summed E-state index contributed by atoms with van der Waals surface area (Å²) in [7, 11) is 3.77. The van der Waals surface area contributed by atoms with Gasteiger partial charge < -0.3 is 33.8 Å². The lowest BCUT2D eigenvalue weighted by Gasteiger charge is -2.36. The zero-order valence-corrected chi connectivity index (χ0v) is 32.0. The van der Waals surface area contributed by atoms with E-state index in [4.69, 9.17) is 33.5 Å². The summed E-state index contributed by atoms with van der Waals surface area (Å²) in [6, 6.07) is 29.4.